The van der Waals surface area contributed by atoms with Gasteiger partial charge in [0.05, 0.1) is 0 Å². The van der Waals surface area contributed by atoms with Gasteiger partial charge >= 0.3 is 5.97 Å². The number of nitrogens with two attached hydrogens (primary N) is 1. The molecule has 1 saturated heterocycles. The number of esters is 1. The van der Waals surface area contributed by atoms with Crippen LogP contribution >= 0.6 is 0 Å². The maximum atomic E-state index is 12.0. The Morgan fingerprint density at radius 1 is 1.35 bits per heavy atom. The van der Waals surface area contributed by atoms with E-state index < -0.39 is 17.7 Å². The van der Waals surface area contributed by atoms with Crippen LogP contribution in [0.2, 0.25) is 0 Å². The average molecular weight is 320 g/mol. The summed E-state index contributed by atoms with van der Waals surface area (Å²) in [6.07, 6.45) is 0.486. The molecular weight excluding hydrogens is 292 g/mol. The lowest BCUT2D eigenvalue weighted by Crippen LogP contribution is -2.43. The zero-order valence-corrected chi connectivity index (χ0v) is 14.3. The molecule has 128 valence electrons. The molecular formula is C18H28N2O3. The summed E-state index contributed by atoms with van der Waals surface area (Å²) in [4.78, 5) is 14.3. The number of aliphatic hydroxyl groups excluding tert-OH is 1. The predicted octanol–water partition coefficient (Wildman–Crippen LogP) is 2.06. The van der Waals surface area contributed by atoms with Gasteiger partial charge in [0.25, 0.3) is 0 Å². The number of carbonyl (C=O) groups excluding carboxylic acids is 1. The molecule has 1 aromatic rings. The van der Waals surface area contributed by atoms with Crippen molar-refractivity contribution in [1.82, 2.24) is 0 Å². The molecule has 0 radical (unpaired) electrons. The van der Waals surface area contributed by atoms with Crippen LogP contribution in [0.1, 0.15) is 39.2 Å². The fourth-order valence-electron chi connectivity index (χ4n) is 3.00. The van der Waals surface area contributed by atoms with Gasteiger partial charge in [-0.05, 0) is 51.2 Å². The Kier molecular flexibility index (Phi) is 5.65. The normalized spacial score (nSPS) is 17.9. The number of benzene rings is 1. The quantitative estimate of drug-likeness (QED) is 0.831. The summed E-state index contributed by atoms with van der Waals surface area (Å²) in [5.41, 5.74) is 7.51. The molecule has 5 heteroatoms. The zero-order chi connectivity index (χ0) is 17.0. The van der Waals surface area contributed by atoms with Crippen LogP contribution < -0.4 is 10.6 Å². The molecule has 3 N–H and O–H groups in total. The lowest BCUT2D eigenvalue weighted by atomic mass is 9.90. The summed E-state index contributed by atoms with van der Waals surface area (Å²) in [6.45, 7) is 7.55. The Hall–Kier alpha value is -1.59. The third-order valence-corrected chi connectivity index (χ3v) is 4.19. The summed E-state index contributed by atoms with van der Waals surface area (Å²) in [5, 5.41) is 10.3. The van der Waals surface area contributed by atoms with Crippen LogP contribution in [-0.2, 0) is 16.1 Å². The highest BCUT2D eigenvalue weighted by Gasteiger charge is 2.33. The first kappa shape index (κ1) is 17.8. The van der Waals surface area contributed by atoms with Gasteiger partial charge in [0.15, 0.2) is 6.10 Å². The molecule has 0 bridgehead atoms. The maximum Gasteiger partial charge on any atom is 0.335 e. The van der Waals surface area contributed by atoms with Gasteiger partial charge in [-0.25, -0.2) is 4.79 Å². The number of para-hydroxylation sites is 1. The van der Waals surface area contributed by atoms with Crippen molar-refractivity contribution in [3.8, 4) is 0 Å². The number of hydrogen-bond acceptors (Lipinski definition) is 5. The number of rotatable bonds is 4. The monoisotopic (exact) mass is 320 g/mol. The van der Waals surface area contributed by atoms with E-state index >= 15 is 0 Å². The minimum absolute atomic E-state index is 0.0499. The van der Waals surface area contributed by atoms with Gasteiger partial charge in [-0.15, -0.1) is 0 Å². The van der Waals surface area contributed by atoms with E-state index in [1.54, 1.807) is 0 Å². The average Bonchev–Trinajstić information content (AvgIpc) is 2.52. The number of aliphatic hydroxyl groups is 1. The van der Waals surface area contributed by atoms with Crippen LogP contribution in [-0.4, -0.2) is 35.9 Å². The number of nitrogens with zero attached hydrogens (tertiary/aromatic N) is 1. The summed E-state index contributed by atoms with van der Waals surface area (Å²) in [5.74, 6) is -0.565. The molecule has 1 aliphatic heterocycles. The summed E-state index contributed by atoms with van der Waals surface area (Å²) in [7, 11) is 0. The standard InChI is InChI=1S/C18H28N2O3/c1-18(2,3)23-17(22)16(21)13-8-10-20(11-9-13)15-7-5-4-6-14(15)12-19/h4-7,13,16,21H,8-12,19H2,1-3H3. The number of carbonyl (C=O) groups is 1. The third-order valence-electron chi connectivity index (χ3n) is 4.19. The molecule has 1 aliphatic rings. The summed E-state index contributed by atoms with van der Waals surface area (Å²) in [6, 6.07) is 8.12. The first-order chi connectivity index (χ1) is 10.8. The minimum Gasteiger partial charge on any atom is -0.458 e. The van der Waals surface area contributed by atoms with Gasteiger partial charge in [-0.1, -0.05) is 18.2 Å². The van der Waals surface area contributed by atoms with Crippen LogP contribution in [0.3, 0.4) is 0 Å². The molecule has 1 aromatic carbocycles. The van der Waals surface area contributed by atoms with Crippen LogP contribution in [0.25, 0.3) is 0 Å². The molecule has 2 rings (SSSR count). The van der Waals surface area contributed by atoms with Crippen molar-refractivity contribution in [2.75, 3.05) is 18.0 Å². The van der Waals surface area contributed by atoms with E-state index in [0.717, 1.165) is 37.2 Å². The van der Waals surface area contributed by atoms with Crippen molar-refractivity contribution in [1.29, 1.82) is 0 Å². The topological polar surface area (TPSA) is 75.8 Å². The smallest absolute Gasteiger partial charge is 0.335 e. The zero-order valence-electron chi connectivity index (χ0n) is 14.3. The van der Waals surface area contributed by atoms with Gasteiger partial charge in [-0.3, -0.25) is 0 Å². The van der Waals surface area contributed by atoms with Crippen molar-refractivity contribution in [2.24, 2.45) is 11.7 Å². The fraction of sp³-hybridized carbons (Fsp3) is 0.611. The minimum atomic E-state index is -1.04. The van der Waals surface area contributed by atoms with Crippen molar-refractivity contribution in [2.45, 2.75) is 51.9 Å². The molecule has 0 aromatic heterocycles. The van der Waals surface area contributed by atoms with E-state index in [2.05, 4.69) is 11.0 Å². The van der Waals surface area contributed by atoms with E-state index in [1.807, 2.05) is 39.0 Å². The molecule has 5 nitrogen and oxygen atoms in total. The van der Waals surface area contributed by atoms with Gasteiger partial charge in [0.2, 0.25) is 0 Å². The van der Waals surface area contributed by atoms with Crippen LogP contribution in [0.4, 0.5) is 5.69 Å². The van der Waals surface area contributed by atoms with Crippen LogP contribution in [0.15, 0.2) is 24.3 Å². The highest BCUT2D eigenvalue weighted by molar-refractivity contribution is 5.75. The number of anilines is 1. The molecule has 1 fully saturated rings. The largest absolute Gasteiger partial charge is 0.458 e. The van der Waals surface area contributed by atoms with Crippen LogP contribution in [0, 0.1) is 5.92 Å². The summed E-state index contributed by atoms with van der Waals surface area (Å²) >= 11 is 0. The molecule has 0 saturated carbocycles. The van der Waals surface area contributed by atoms with Gasteiger partial charge in [0.1, 0.15) is 5.60 Å². The van der Waals surface area contributed by atoms with Gasteiger partial charge < -0.3 is 20.5 Å². The van der Waals surface area contributed by atoms with Crippen molar-refractivity contribution >= 4 is 11.7 Å². The van der Waals surface area contributed by atoms with E-state index in [-0.39, 0.29) is 5.92 Å². The van der Waals surface area contributed by atoms with E-state index in [1.165, 1.54) is 0 Å². The van der Waals surface area contributed by atoms with Crippen molar-refractivity contribution < 1.29 is 14.6 Å². The summed E-state index contributed by atoms with van der Waals surface area (Å²) < 4.78 is 5.28. The van der Waals surface area contributed by atoms with Gasteiger partial charge in [-0.2, -0.15) is 0 Å². The Balaban J connectivity index is 1.94. The second-order valence-electron chi connectivity index (χ2n) is 7.14. The fourth-order valence-corrected chi connectivity index (χ4v) is 3.00. The third kappa shape index (κ3) is 4.69. The lowest BCUT2D eigenvalue weighted by molar-refractivity contribution is -0.168. The first-order valence-electron chi connectivity index (χ1n) is 8.25. The Labute approximate surface area is 138 Å². The Bertz CT molecular complexity index is 531. The highest BCUT2D eigenvalue weighted by atomic mass is 16.6. The number of ether oxygens (including phenoxy) is 1. The Morgan fingerprint density at radius 2 is 1.96 bits per heavy atom. The molecule has 1 unspecified atom stereocenters. The molecule has 0 spiro atoms. The second-order valence-corrected chi connectivity index (χ2v) is 7.14. The van der Waals surface area contributed by atoms with Crippen molar-refractivity contribution in [3.63, 3.8) is 0 Å². The number of hydrogen-bond donors (Lipinski definition) is 2. The maximum absolute atomic E-state index is 12.0. The second kappa shape index (κ2) is 7.32. The molecule has 0 aliphatic carbocycles. The van der Waals surface area contributed by atoms with Crippen LogP contribution in [0.5, 0.6) is 0 Å². The molecule has 1 atom stereocenters. The molecule has 1 heterocycles. The van der Waals surface area contributed by atoms with E-state index in [9.17, 15) is 9.90 Å². The van der Waals surface area contributed by atoms with Gasteiger partial charge in [0, 0.05) is 25.3 Å². The van der Waals surface area contributed by atoms with E-state index in [4.69, 9.17) is 10.5 Å². The Morgan fingerprint density at radius 3 is 2.52 bits per heavy atom. The highest BCUT2D eigenvalue weighted by Crippen LogP contribution is 2.28. The lowest BCUT2D eigenvalue weighted by Gasteiger charge is -2.36. The molecule has 23 heavy (non-hydrogen) atoms. The first-order valence-corrected chi connectivity index (χ1v) is 8.25. The SMILES string of the molecule is CC(C)(C)OC(=O)C(O)C1CCN(c2ccccc2CN)CC1. The van der Waals surface area contributed by atoms with E-state index in [0.29, 0.717) is 6.54 Å². The molecule has 0 amide bonds. The van der Waals surface area contributed by atoms with Crippen molar-refractivity contribution in [3.05, 3.63) is 29.8 Å². The number of piperidine rings is 1. The predicted molar refractivity (Wildman–Crippen MR) is 91.1 cm³/mol.